The van der Waals surface area contributed by atoms with Gasteiger partial charge in [-0.25, -0.2) is 0 Å². The topological polar surface area (TPSA) is 38.8 Å². The minimum absolute atomic E-state index is 0.0110. The maximum Gasteiger partial charge on any atom is 0.189 e. The van der Waals surface area contributed by atoms with E-state index in [9.17, 15) is 4.79 Å². The maximum absolute atomic E-state index is 11.8. The van der Waals surface area contributed by atoms with Crippen LogP contribution in [0, 0.1) is 0 Å². The summed E-state index contributed by atoms with van der Waals surface area (Å²) in [7, 11) is 0. The summed E-state index contributed by atoms with van der Waals surface area (Å²) < 4.78 is 10.8. The molecule has 0 spiro atoms. The first-order chi connectivity index (χ1) is 10.7. The number of carbonyl (C=O) groups excluding carboxylic acids is 1. The zero-order valence-corrected chi connectivity index (χ0v) is 12.5. The lowest BCUT2D eigenvalue weighted by atomic mass is 10.1. The van der Waals surface area contributed by atoms with Gasteiger partial charge in [0.2, 0.25) is 0 Å². The van der Waals surface area contributed by atoms with E-state index >= 15 is 0 Å². The molecule has 3 heteroatoms. The van der Waals surface area contributed by atoms with Crippen LogP contribution in [0.25, 0.3) is 6.08 Å². The average molecular weight is 294 g/mol. The summed E-state index contributed by atoms with van der Waals surface area (Å²) in [5.41, 5.74) is 1.51. The van der Waals surface area contributed by atoms with Crippen molar-refractivity contribution in [3.05, 3.63) is 71.8 Å². The number of epoxide rings is 1. The van der Waals surface area contributed by atoms with Gasteiger partial charge in [-0.3, -0.25) is 4.79 Å². The molecule has 0 saturated carbocycles. The third-order valence-electron chi connectivity index (χ3n) is 3.65. The molecule has 1 saturated heterocycles. The molecule has 1 unspecified atom stereocenters. The van der Waals surface area contributed by atoms with E-state index in [1.165, 1.54) is 0 Å². The van der Waals surface area contributed by atoms with Crippen LogP contribution >= 0.6 is 0 Å². The molecule has 1 fully saturated rings. The van der Waals surface area contributed by atoms with Gasteiger partial charge in [0.1, 0.15) is 12.4 Å². The summed E-state index contributed by atoms with van der Waals surface area (Å²) in [5, 5.41) is 0. The summed E-state index contributed by atoms with van der Waals surface area (Å²) in [6.45, 7) is 2.87. The van der Waals surface area contributed by atoms with Gasteiger partial charge in [-0.2, -0.15) is 0 Å². The van der Waals surface area contributed by atoms with Crippen molar-refractivity contribution >= 4 is 11.9 Å². The summed E-state index contributed by atoms with van der Waals surface area (Å²) in [4.78, 5) is 11.8. The third-order valence-corrected chi connectivity index (χ3v) is 3.65. The van der Waals surface area contributed by atoms with E-state index in [1.807, 2.05) is 54.6 Å². The van der Waals surface area contributed by atoms with E-state index in [-0.39, 0.29) is 5.78 Å². The van der Waals surface area contributed by atoms with Gasteiger partial charge < -0.3 is 9.47 Å². The molecular weight excluding hydrogens is 276 g/mol. The van der Waals surface area contributed by atoms with Crippen molar-refractivity contribution < 1.29 is 14.3 Å². The van der Waals surface area contributed by atoms with Crippen molar-refractivity contribution in [3.63, 3.8) is 0 Å². The quantitative estimate of drug-likeness (QED) is 0.603. The zero-order valence-electron chi connectivity index (χ0n) is 12.5. The van der Waals surface area contributed by atoms with E-state index < -0.39 is 5.60 Å². The second-order valence-corrected chi connectivity index (χ2v) is 5.56. The molecule has 1 aliphatic rings. The minimum atomic E-state index is -0.588. The van der Waals surface area contributed by atoms with Gasteiger partial charge in [0, 0.05) is 0 Å². The summed E-state index contributed by atoms with van der Waals surface area (Å²) in [5.74, 6) is 0.821. The lowest BCUT2D eigenvalue weighted by molar-refractivity contribution is -0.118. The Hall–Kier alpha value is -2.39. The van der Waals surface area contributed by atoms with Crippen LogP contribution in [0.15, 0.2) is 60.7 Å². The van der Waals surface area contributed by atoms with Crippen LogP contribution in [0.2, 0.25) is 0 Å². The van der Waals surface area contributed by atoms with Gasteiger partial charge in [0.05, 0.1) is 6.61 Å². The highest BCUT2D eigenvalue weighted by Crippen LogP contribution is 2.27. The average Bonchev–Trinajstić information content (AvgIpc) is 3.31. The Balaban J connectivity index is 1.56. The van der Waals surface area contributed by atoms with Crippen molar-refractivity contribution in [2.45, 2.75) is 19.1 Å². The first kappa shape index (κ1) is 14.5. The predicted octanol–water partition coefficient (Wildman–Crippen LogP) is 3.64. The number of benzene rings is 2. The van der Waals surface area contributed by atoms with E-state index in [1.54, 1.807) is 19.1 Å². The van der Waals surface area contributed by atoms with Crippen molar-refractivity contribution in [3.8, 4) is 5.75 Å². The van der Waals surface area contributed by atoms with Gasteiger partial charge in [-0.15, -0.1) is 0 Å². The lowest BCUT2D eigenvalue weighted by Gasteiger charge is -2.06. The molecule has 2 aromatic rings. The number of rotatable bonds is 6. The Morgan fingerprint density at radius 1 is 1.18 bits per heavy atom. The number of hydrogen-bond donors (Lipinski definition) is 0. The molecule has 1 heterocycles. The Labute approximate surface area is 130 Å². The first-order valence-corrected chi connectivity index (χ1v) is 7.29. The van der Waals surface area contributed by atoms with Gasteiger partial charge in [-0.05, 0) is 36.3 Å². The Morgan fingerprint density at radius 2 is 1.86 bits per heavy atom. The fourth-order valence-electron chi connectivity index (χ4n) is 2.01. The number of carbonyl (C=O) groups is 1. The normalized spacial score (nSPS) is 20.0. The molecule has 3 nitrogen and oxygen atoms in total. The second-order valence-electron chi connectivity index (χ2n) is 5.56. The van der Waals surface area contributed by atoms with Crippen LogP contribution < -0.4 is 4.74 Å². The van der Waals surface area contributed by atoms with Crippen molar-refractivity contribution in [1.82, 2.24) is 0 Å². The molecule has 0 aliphatic carbocycles. The molecule has 112 valence electrons. The lowest BCUT2D eigenvalue weighted by Crippen LogP contribution is -2.17. The smallest absolute Gasteiger partial charge is 0.189 e. The van der Waals surface area contributed by atoms with Crippen molar-refractivity contribution in [2.24, 2.45) is 0 Å². The minimum Gasteiger partial charge on any atom is -0.489 e. The second kappa shape index (κ2) is 6.16. The molecule has 0 bridgehead atoms. The summed E-state index contributed by atoms with van der Waals surface area (Å²) in [6, 6.07) is 17.7. The van der Waals surface area contributed by atoms with Crippen LogP contribution in [-0.2, 0) is 16.1 Å². The fourth-order valence-corrected chi connectivity index (χ4v) is 2.01. The number of ketones is 1. The molecule has 0 aromatic heterocycles. The van der Waals surface area contributed by atoms with E-state index in [2.05, 4.69) is 0 Å². The molecule has 0 N–H and O–H groups in total. The van der Waals surface area contributed by atoms with Gasteiger partial charge >= 0.3 is 0 Å². The number of ether oxygens (including phenoxy) is 2. The molecule has 0 amide bonds. The van der Waals surface area contributed by atoms with E-state index in [4.69, 9.17) is 9.47 Å². The highest BCUT2D eigenvalue weighted by molar-refractivity contribution is 6.01. The molecule has 22 heavy (non-hydrogen) atoms. The van der Waals surface area contributed by atoms with E-state index in [0.29, 0.717) is 13.2 Å². The van der Waals surface area contributed by atoms with Crippen LogP contribution in [-0.4, -0.2) is 18.0 Å². The molecular formula is C19H18O3. The molecule has 1 atom stereocenters. The molecule has 2 aromatic carbocycles. The maximum atomic E-state index is 11.8. The van der Waals surface area contributed by atoms with E-state index in [0.717, 1.165) is 16.9 Å². The highest BCUT2D eigenvalue weighted by atomic mass is 16.6. The molecule has 0 radical (unpaired) electrons. The predicted molar refractivity (Wildman–Crippen MR) is 85.6 cm³/mol. The number of hydrogen-bond acceptors (Lipinski definition) is 3. The Morgan fingerprint density at radius 3 is 2.50 bits per heavy atom. The Bertz CT molecular complexity index is 668. The van der Waals surface area contributed by atoms with Gasteiger partial charge in [0.15, 0.2) is 11.4 Å². The first-order valence-electron chi connectivity index (χ1n) is 7.29. The van der Waals surface area contributed by atoms with Gasteiger partial charge in [-0.1, -0.05) is 48.5 Å². The van der Waals surface area contributed by atoms with Crippen LogP contribution in [0.4, 0.5) is 0 Å². The van der Waals surface area contributed by atoms with Crippen LogP contribution in [0.5, 0.6) is 5.75 Å². The Kier molecular flexibility index (Phi) is 4.07. The fraction of sp³-hybridized carbons (Fsp3) is 0.211. The van der Waals surface area contributed by atoms with Crippen LogP contribution in [0.1, 0.15) is 18.1 Å². The standard InChI is InChI=1S/C19H18O3/c1-19(14-22-19)18(20)12-9-15-7-10-17(11-8-15)21-13-16-5-3-2-4-6-16/h2-12H,13-14H2,1H3. The SMILES string of the molecule is CC1(C(=O)C=Cc2ccc(OCc3ccccc3)cc2)CO1. The zero-order chi connectivity index (χ0) is 15.4. The highest BCUT2D eigenvalue weighted by Gasteiger charge is 2.45. The largest absolute Gasteiger partial charge is 0.489 e. The summed E-state index contributed by atoms with van der Waals surface area (Å²) >= 11 is 0. The van der Waals surface area contributed by atoms with Crippen LogP contribution in [0.3, 0.4) is 0 Å². The van der Waals surface area contributed by atoms with Crippen molar-refractivity contribution in [1.29, 1.82) is 0 Å². The van der Waals surface area contributed by atoms with Crippen molar-refractivity contribution in [2.75, 3.05) is 6.61 Å². The molecule has 3 rings (SSSR count). The van der Waals surface area contributed by atoms with Gasteiger partial charge in [0.25, 0.3) is 0 Å². The monoisotopic (exact) mass is 294 g/mol. The summed E-state index contributed by atoms with van der Waals surface area (Å²) in [6.07, 6.45) is 3.38. The molecule has 1 aliphatic heterocycles. The third kappa shape index (κ3) is 3.62.